The van der Waals surface area contributed by atoms with Gasteiger partial charge in [-0.05, 0) is 42.7 Å². The number of rotatable bonds is 7. The third kappa shape index (κ3) is 4.61. The van der Waals surface area contributed by atoms with E-state index in [9.17, 15) is 14.3 Å². The summed E-state index contributed by atoms with van der Waals surface area (Å²) in [7, 11) is 1.51. The number of pyridine rings is 1. The number of aliphatic hydroxyl groups is 1. The van der Waals surface area contributed by atoms with Crippen molar-refractivity contribution < 1.29 is 19.0 Å². The second kappa shape index (κ2) is 8.45. The van der Waals surface area contributed by atoms with Gasteiger partial charge in [0.05, 0.1) is 7.11 Å². The van der Waals surface area contributed by atoms with Gasteiger partial charge in [0.2, 0.25) is 0 Å². The van der Waals surface area contributed by atoms with E-state index < -0.39 is 11.4 Å². The summed E-state index contributed by atoms with van der Waals surface area (Å²) >= 11 is 0. The van der Waals surface area contributed by atoms with Crippen LogP contribution in [0.5, 0.6) is 5.75 Å². The monoisotopic (exact) mass is 373 g/mol. The lowest BCUT2D eigenvalue weighted by molar-refractivity contribution is -0.157. The Morgan fingerprint density at radius 1 is 1.41 bits per heavy atom. The van der Waals surface area contributed by atoms with Gasteiger partial charge in [0.15, 0.2) is 5.60 Å². The Morgan fingerprint density at radius 3 is 3.00 bits per heavy atom. The van der Waals surface area contributed by atoms with Gasteiger partial charge < -0.3 is 20.1 Å². The predicted molar refractivity (Wildman–Crippen MR) is 98.5 cm³/mol. The van der Waals surface area contributed by atoms with Crippen LogP contribution in [0.25, 0.3) is 0 Å². The zero-order chi connectivity index (χ0) is 19.3. The molecule has 0 spiro atoms. The van der Waals surface area contributed by atoms with Gasteiger partial charge in [-0.15, -0.1) is 0 Å². The molecule has 3 rings (SSSR count). The number of ether oxygens (including phenoxy) is 1. The number of likely N-dealkylation sites (tertiary alicyclic amines) is 1. The van der Waals surface area contributed by atoms with Crippen LogP contribution in [0.2, 0.25) is 0 Å². The van der Waals surface area contributed by atoms with Crippen molar-refractivity contribution in [2.75, 3.05) is 20.2 Å². The summed E-state index contributed by atoms with van der Waals surface area (Å²) in [6.07, 6.45) is 4.46. The van der Waals surface area contributed by atoms with E-state index in [4.69, 9.17) is 4.74 Å². The lowest BCUT2D eigenvalue weighted by Crippen LogP contribution is -2.57. The highest BCUT2D eigenvalue weighted by atomic mass is 19.1. The molecule has 1 amide bonds. The molecule has 2 N–H and O–H groups in total. The SMILES string of the molecule is COc1ccc(F)c(CN2CCC[C@](O)(CNCc3cccnc3)C2=O)c1. The first-order valence-electron chi connectivity index (χ1n) is 8.95. The molecule has 1 aromatic carbocycles. The van der Waals surface area contributed by atoms with E-state index in [1.165, 1.54) is 24.1 Å². The number of nitrogens with zero attached hydrogens (tertiary/aromatic N) is 2. The molecule has 27 heavy (non-hydrogen) atoms. The largest absolute Gasteiger partial charge is 0.497 e. The Labute approximate surface area is 158 Å². The van der Waals surface area contributed by atoms with Gasteiger partial charge >= 0.3 is 0 Å². The second-order valence-electron chi connectivity index (χ2n) is 6.78. The molecule has 1 atom stereocenters. The van der Waals surface area contributed by atoms with Crippen molar-refractivity contribution in [1.82, 2.24) is 15.2 Å². The minimum atomic E-state index is -1.49. The minimum absolute atomic E-state index is 0.104. The maximum Gasteiger partial charge on any atom is 0.256 e. The average Bonchev–Trinajstić information content (AvgIpc) is 2.68. The van der Waals surface area contributed by atoms with Crippen molar-refractivity contribution in [3.8, 4) is 5.75 Å². The third-order valence-corrected chi connectivity index (χ3v) is 4.79. The molecular weight excluding hydrogens is 349 g/mol. The van der Waals surface area contributed by atoms with Crippen LogP contribution in [0, 0.1) is 5.82 Å². The van der Waals surface area contributed by atoms with Crippen molar-refractivity contribution in [1.29, 1.82) is 0 Å². The molecule has 144 valence electrons. The fourth-order valence-electron chi connectivity index (χ4n) is 3.30. The smallest absolute Gasteiger partial charge is 0.256 e. The maximum atomic E-state index is 14.1. The number of carbonyl (C=O) groups is 1. The van der Waals surface area contributed by atoms with Gasteiger partial charge in [0.1, 0.15) is 11.6 Å². The number of piperidine rings is 1. The number of halogens is 1. The van der Waals surface area contributed by atoms with Crippen LogP contribution in [0.1, 0.15) is 24.0 Å². The summed E-state index contributed by atoms with van der Waals surface area (Å²) in [5.41, 5.74) is -0.148. The van der Waals surface area contributed by atoms with Crippen molar-refractivity contribution in [3.63, 3.8) is 0 Å². The van der Waals surface area contributed by atoms with E-state index in [2.05, 4.69) is 10.3 Å². The normalized spacial score (nSPS) is 20.0. The molecule has 0 saturated carbocycles. The zero-order valence-electron chi connectivity index (χ0n) is 15.3. The minimum Gasteiger partial charge on any atom is -0.497 e. The Bertz CT molecular complexity index is 787. The highest BCUT2D eigenvalue weighted by molar-refractivity contribution is 5.86. The molecule has 1 aliphatic rings. The summed E-state index contributed by atoms with van der Waals surface area (Å²) in [6, 6.07) is 8.20. The number of carbonyl (C=O) groups excluding carboxylic acids is 1. The summed E-state index contributed by atoms with van der Waals surface area (Å²) < 4.78 is 19.2. The first kappa shape index (κ1) is 19.3. The number of hydrogen-bond donors (Lipinski definition) is 2. The summed E-state index contributed by atoms with van der Waals surface area (Å²) in [6.45, 7) is 1.24. The van der Waals surface area contributed by atoms with Crippen molar-refractivity contribution >= 4 is 5.91 Å². The molecule has 1 fully saturated rings. The zero-order valence-corrected chi connectivity index (χ0v) is 15.3. The third-order valence-electron chi connectivity index (χ3n) is 4.79. The van der Waals surface area contributed by atoms with E-state index in [0.717, 1.165) is 5.56 Å². The molecule has 2 heterocycles. The maximum absolute atomic E-state index is 14.1. The molecule has 1 saturated heterocycles. The lowest BCUT2D eigenvalue weighted by Gasteiger charge is -2.38. The Hall–Kier alpha value is -2.51. The Kier molecular flexibility index (Phi) is 6.03. The molecule has 6 nitrogen and oxygen atoms in total. The van der Waals surface area contributed by atoms with Gasteiger partial charge in [-0.3, -0.25) is 9.78 Å². The van der Waals surface area contributed by atoms with E-state index >= 15 is 0 Å². The number of nitrogens with one attached hydrogen (secondary N) is 1. The number of methoxy groups -OCH3 is 1. The van der Waals surface area contributed by atoms with Crippen LogP contribution in [-0.4, -0.2) is 46.7 Å². The Morgan fingerprint density at radius 2 is 2.26 bits per heavy atom. The van der Waals surface area contributed by atoms with Gasteiger partial charge in [0.25, 0.3) is 5.91 Å². The van der Waals surface area contributed by atoms with Gasteiger partial charge in [0, 0.05) is 44.1 Å². The molecule has 1 aliphatic heterocycles. The van der Waals surface area contributed by atoms with E-state index in [0.29, 0.717) is 37.2 Å². The Balaban J connectivity index is 1.64. The molecule has 0 aliphatic carbocycles. The van der Waals surface area contributed by atoms with Crippen LogP contribution < -0.4 is 10.1 Å². The van der Waals surface area contributed by atoms with E-state index in [1.54, 1.807) is 18.5 Å². The van der Waals surface area contributed by atoms with E-state index in [-0.39, 0.29) is 19.0 Å². The molecule has 2 aromatic rings. The number of aromatic nitrogens is 1. The molecule has 0 unspecified atom stereocenters. The van der Waals surface area contributed by atoms with Crippen molar-refractivity contribution in [3.05, 3.63) is 59.7 Å². The first-order valence-corrected chi connectivity index (χ1v) is 8.95. The number of hydrogen-bond acceptors (Lipinski definition) is 5. The predicted octanol–water partition coefficient (Wildman–Crippen LogP) is 1.87. The fourth-order valence-corrected chi connectivity index (χ4v) is 3.30. The van der Waals surface area contributed by atoms with Gasteiger partial charge in [-0.25, -0.2) is 4.39 Å². The summed E-state index contributed by atoms with van der Waals surface area (Å²) in [4.78, 5) is 18.4. The lowest BCUT2D eigenvalue weighted by atomic mass is 9.91. The van der Waals surface area contributed by atoms with Gasteiger partial charge in [-0.1, -0.05) is 6.07 Å². The van der Waals surface area contributed by atoms with Crippen molar-refractivity contribution in [2.45, 2.75) is 31.5 Å². The standard InChI is InChI=1S/C20H24FN3O3/c1-27-17-5-6-18(21)16(10-17)13-24-9-3-7-20(26,19(24)25)14-23-12-15-4-2-8-22-11-15/h2,4-6,8,10-11,23,26H,3,7,9,12-14H2,1H3/t20-/m0/s1. The fraction of sp³-hybridized carbons (Fsp3) is 0.400. The van der Waals surface area contributed by atoms with Crippen LogP contribution in [-0.2, 0) is 17.9 Å². The van der Waals surface area contributed by atoms with Crippen LogP contribution in [0.3, 0.4) is 0 Å². The molecule has 0 bridgehead atoms. The van der Waals surface area contributed by atoms with Crippen LogP contribution in [0.4, 0.5) is 4.39 Å². The molecule has 7 heteroatoms. The average molecular weight is 373 g/mol. The first-order chi connectivity index (χ1) is 13.0. The number of benzene rings is 1. The highest BCUT2D eigenvalue weighted by Gasteiger charge is 2.41. The summed E-state index contributed by atoms with van der Waals surface area (Å²) in [5.74, 6) is -0.244. The highest BCUT2D eigenvalue weighted by Crippen LogP contribution is 2.25. The van der Waals surface area contributed by atoms with Crippen LogP contribution in [0.15, 0.2) is 42.7 Å². The van der Waals surface area contributed by atoms with E-state index in [1.807, 2.05) is 12.1 Å². The van der Waals surface area contributed by atoms with Crippen LogP contribution >= 0.6 is 0 Å². The topological polar surface area (TPSA) is 74.7 Å². The van der Waals surface area contributed by atoms with Crippen molar-refractivity contribution in [2.24, 2.45) is 0 Å². The molecule has 0 radical (unpaired) electrons. The summed E-state index contributed by atoms with van der Waals surface area (Å²) in [5, 5.41) is 14.0. The number of amides is 1. The molecule has 1 aromatic heterocycles. The second-order valence-corrected chi connectivity index (χ2v) is 6.78. The quantitative estimate of drug-likeness (QED) is 0.775. The molecular formula is C20H24FN3O3. The van der Waals surface area contributed by atoms with Gasteiger partial charge in [-0.2, -0.15) is 0 Å².